The van der Waals surface area contributed by atoms with Crippen molar-refractivity contribution in [2.24, 2.45) is 5.92 Å². The third-order valence-electron chi connectivity index (χ3n) is 3.96. The van der Waals surface area contributed by atoms with Crippen LogP contribution in [-0.2, 0) is 6.54 Å². The zero-order valence-corrected chi connectivity index (χ0v) is 12.4. The van der Waals surface area contributed by atoms with Crippen molar-refractivity contribution >= 4 is 11.3 Å². The van der Waals surface area contributed by atoms with Gasteiger partial charge in [-0.15, -0.1) is 11.3 Å². The maximum Gasteiger partial charge on any atom is 0.0991 e. The summed E-state index contributed by atoms with van der Waals surface area (Å²) in [5.74, 6) is 0.773. The van der Waals surface area contributed by atoms with Gasteiger partial charge in [-0.1, -0.05) is 0 Å². The Kier molecular flexibility index (Phi) is 4.50. The number of hydrogen-bond donors (Lipinski definition) is 1. The van der Waals surface area contributed by atoms with E-state index in [0.29, 0.717) is 6.61 Å². The third-order valence-corrected chi connectivity index (χ3v) is 4.87. The van der Waals surface area contributed by atoms with E-state index in [0.717, 1.165) is 25.3 Å². The molecule has 3 rings (SSSR count). The Morgan fingerprint density at radius 3 is 3.20 bits per heavy atom. The number of hydrogen-bond acceptors (Lipinski definition) is 4. The van der Waals surface area contributed by atoms with E-state index in [1.807, 2.05) is 34.6 Å². The molecule has 1 atom stereocenters. The van der Waals surface area contributed by atoms with Gasteiger partial charge in [0.25, 0.3) is 0 Å². The van der Waals surface area contributed by atoms with Crippen molar-refractivity contribution in [3.63, 3.8) is 0 Å². The molecular formula is C15H21N3OS. The molecule has 0 radical (unpaired) electrons. The van der Waals surface area contributed by atoms with Gasteiger partial charge in [-0.05, 0) is 37.8 Å². The zero-order chi connectivity index (χ0) is 13.8. The highest BCUT2D eigenvalue weighted by atomic mass is 32.1. The first-order chi connectivity index (χ1) is 9.85. The molecule has 0 bridgehead atoms. The minimum absolute atomic E-state index is 0.329. The second kappa shape index (κ2) is 6.52. The number of imidazole rings is 1. The minimum Gasteiger partial charge on any atom is -0.396 e. The number of likely N-dealkylation sites (tertiary alicyclic amines) is 1. The fraction of sp³-hybridized carbons (Fsp3) is 0.533. The Morgan fingerprint density at radius 1 is 1.45 bits per heavy atom. The summed E-state index contributed by atoms with van der Waals surface area (Å²) < 4.78 is 2.05. The third kappa shape index (κ3) is 3.29. The Morgan fingerprint density at radius 2 is 2.40 bits per heavy atom. The van der Waals surface area contributed by atoms with Gasteiger partial charge in [-0.2, -0.15) is 0 Å². The van der Waals surface area contributed by atoms with Gasteiger partial charge >= 0.3 is 0 Å². The van der Waals surface area contributed by atoms with E-state index in [2.05, 4.69) is 21.3 Å². The highest BCUT2D eigenvalue weighted by Crippen LogP contribution is 2.25. The molecule has 1 aliphatic rings. The van der Waals surface area contributed by atoms with Crippen molar-refractivity contribution in [3.05, 3.63) is 35.0 Å². The normalized spacial score (nSPS) is 19.8. The predicted octanol–water partition coefficient (Wildman–Crippen LogP) is 2.53. The van der Waals surface area contributed by atoms with Crippen molar-refractivity contribution in [1.82, 2.24) is 14.5 Å². The number of aromatic nitrogens is 2. The van der Waals surface area contributed by atoms with Gasteiger partial charge in [-0.3, -0.25) is 4.90 Å². The van der Waals surface area contributed by atoms with Gasteiger partial charge in [0.05, 0.1) is 12.0 Å². The van der Waals surface area contributed by atoms with E-state index in [1.54, 1.807) is 0 Å². The molecule has 0 aromatic carbocycles. The molecule has 2 aromatic rings. The van der Waals surface area contributed by atoms with Crippen molar-refractivity contribution < 1.29 is 5.11 Å². The van der Waals surface area contributed by atoms with E-state index in [4.69, 9.17) is 5.11 Å². The maximum atomic E-state index is 8.90. The molecule has 2 aromatic heterocycles. The lowest BCUT2D eigenvalue weighted by Gasteiger charge is -2.14. The first-order valence-corrected chi connectivity index (χ1v) is 8.12. The summed E-state index contributed by atoms with van der Waals surface area (Å²) in [5.41, 5.74) is 1.21. The number of aliphatic hydroxyl groups is 1. The van der Waals surface area contributed by atoms with Crippen LogP contribution in [0.1, 0.15) is 24.1 Å². The van der Waals surface area contributed by atoms with E-state index in [-0.39, 0.29) is 0 Å². The first kappa shape index (κ1) is 13.8. The number of thiophene rings is 1. The van der Waals surface area contributed by atoms with Crippen LogP contribution in [0.3, 0.4) is 0 Å². The number of aliphatic hydroxyl groups excluding tert-OH is 1. The van der Waals surface area contributed by atoms with Gasteiger partial charge in [0, 0.05) is 42.3 Å². The molecule has 1 saturated heterocycles. The lowest BCUT2D eigenvalue weighted by atomic mass is 10.0. The lowest BCUT2D eigenvalue weighted by molar-refractivity contribution is 0.265. The molecule has 0 spiro atoms. The summed E-state index contributed by atoms with van der Waals surface area (Å²) in [4.78, 5) is 8.03. The molecule has 1 fully saturated rings. The summed E-state index contributed by atoms with van der Waals surface area (Å²) in [6, 6.07) is 2.26. The molecule has 5 heteroatoms. The maximum absolute atomic E-state index is 8.90. The Bertz CT molecular complexity index is 523. The fourth-order valence-corrected chi connectivity index (χ4v) is 3.80. The van der Waals surface area contributed by atoms with E-state index < -0.39 is 0 Å². The minimum atomic E-state index is 0.329. The Labute approximate surface area is 123 Å². The predicted molar refractivity (Wildman–Crippen MR) is 81.1 cm³/mol. The standard InChI is InChI=1S/C15H21N3OS/c19-7-1-2-13-3-5-17(9-13)10-15-8-14(11-20-15)18-6-4-16-12-18/h4,6,8,11-13,19H,1-3,5,7,9-10H2. The Balaban J connectivity index is 1.54. The quantitative estimate of drug-likeness (QED) is 0.889. The molecule has 3 heterocycles. The van der Waals surface area contributed by atoms with E-state index >= 15 is 0 Å². The van der Waals surface area contributed by atoms with E-state index in [1.165, 1.54) is 30.1 Å². The van der Waals surface area contributed by atoms with Crippen molar-refractivity contribution in [2.45, 2.75) is 25.8 Å². The van der Waals surface area contributed by atoms with Crippen LogP contribution in [0.2, 0.25) is 0 Å². The highest BCUT2D eigenvalue weighted by Gasteiger charge is 2.22. The smallest absolute Gasteiger partial charge is 0.0991 e. The van der Waals surface area contributed by atoms with Crippen molar-refractivity contribution in [3.8, 4) is 5.69 Å². The first-order valence-electron chi connectivity index (χ1n) is 7.24. The van der Waals surface area contributed by atoms with Gasteiger partial charge < -0.3 is 9.67 Å². The zero-order valence-electron chi connectivity index (χ0n) is 11.6. The Hall–Kier alpha value is -1.17. The van der Waals surface area contributed by atoms with Crippen LogP contribution in [-0.4, -0.2) is 39.3 Å². The second-order valence-electron chi connectivity index (χ2n) is 5.50. The van der Waals surface area contributed by atoms with Gasteiger partial charge in [-0.25, -0.2) is 4.98 Å². The molecule has 1 N–H and O–H groups in total. The van der Waals surface area contributed by atoms with Crippen LogP contribution in [0.25, 0.3) is 5.69 Å². The molecule has 20 heavy (non-hydrogen) atoms. The monoisotopic (exact) mass is 291 g/mol. The largest absolute Gasteiger partial charge is 0.396 e. The number of nitrogens with zero attached hydrogens (tertiary/aromatic N) is 3. The SMILES string of the molecule is OCCCC1CCN(Cc2cc(-n3ccnc3)cs2)C1. The van der Waals surface area contributed by atoms with Crippen LogP contribution in [0.5, 0.6) is 0 Å². The van der Waals surface area contributed by atoms with Gasteiger partial charge in [0.2, 0.25) is 0 Å². The molecule has 108 valence electrons. The van der Waals surface area contributed by atoms with Gasteiger partial charge in [0.15, 0.2) is 0 Å². The summed E-state index contributed by atoms with van der Waals surface area (Å²) in [6.07, 6.45) is 9.02. The lowest BCUT2D eigenvalue weighted by Crippen LogP contribution is -2.19. The summed E-state index contributed by atoms with van der Waals surface area (Å²) in [7, 11) is 0. The van der Waals surface area contributed by atoms with Crippen molar-refractivity contribution in [1.29, 1.82) is 0 Å². The number of rotatable bonds is 6. The van der Waals surface area contributed by atoms with Crippen molar-refractivity contribution in [2.75, 3.05) is 19.7 Å². The van der Waals surface area contributed by atoms with E-state index in [9.17, 15) is 0 Å². The second-order valence-corrected chi connectivity index (χ2v) is 6.49. The topological polar surface area (TPSA) is 41.3 Å². The molecule has 0 saturated carbocycles. The molecule has 1 aliphatic heterocycles. The van der Waals surface area contributed by atoms with Crippen LogP contribution in [0, 0.1) is 5.92 Å². The highest BCUT2D eigenvalue weighted by molar-refractivity contribution is 7.10. The van der Waals surface area contributed by atoms with Crippen LogP contribution >= 0.6 is 11.3 Å². The molecular weight excluding hydrogens is 270 g/mol. The average Bonchev–Trinajstić information content (AvgIpc) is 3.18. The fourth-order valence-electron chi connectivity index (χ4n) is 2.89. The summed E-state index contributed by atoms with van der Waals surface area (Å²) in [6.45, 7) is 3.75. The molecule has 1 unspecified atom stereocenters. The molecule has 4 nitrogen and oxygen atoms in total. The van der Waals surface area contributed by atoms with Crippen LogP contribution in [0.15, 0.2) is 30.2 Å². The van der Waals surface area contributed by atoms with Crippen LogP contribution < -0.4 is 0 Å². The molecule has 0 aliphatic carbocycles. The molecule has 0 amide bonds. The summed E-state index contributed by atoms with van der Waals surface area (Å²) in [5, 5.41) is 11.1. The average molecular weight is 291 g/mol. The van der Waals surface area contributed by atoms with Crippen LogP contribution in [0.4, 0.5) is 0 Å². The van der Waals surface area contributed by atoms with Gasteiger partial charge in [0.1, 0.15) is 0 Å². The summed E-state index contributed by atoms with van der Waals surface area (Å²) >= 11 is 1.82.